The van der Waals surface area contributed by atoms with Gasteiger partial charge in [-0.15, -0.1) is 0 Å². The molecule has 1 aliphatic carbocycles. The zero-order valence-corrected chi connectivity index (χ0v) is 16.4. The fourth-order valence-corrected chi connectivity index (χ4v) is 4.91. The third-order valence-electron chi connectivity index (χ3n) is 6.39. The molecule has 0 bridgehead atoms. The van der Waals surface area contributed by atoms with Crippen LogP contribution >= 0.6 is 0 Å². The van der Waals surface area contributed by atoms with Crippen LogP contribution in [0.25, 0.3) is 44.2 Å². The van der Waals surface area contributed by atoms with Crippen LogP contribution in [0.2, 0.25) is 0 Å². The fraction of sp³-hybridized carbons (Fsp3) is 0.111. The molecule has 0 atom stereocenters. The van der Waals surface area contributed by atoms with E-state index >= 15 is 0 Å². The van der Waals surface area contributed by atoms with Crippen molar-refractivity contribution < 1.29 is 9.52 Å². The number of hydrogen-bond acceptors (Lipinski definition) is 2. The average molecular weight is 376 g/mol. The molecule has 29 heavy (non-hydrogen) atoms. The van der Waals surface area contributed by atoms with Crippen molar-refractivity contribution in [2.24, 2.45) is 0 Å². The number of aromatic hydroxyl groups is 1. The second-order valence-electron chi connectivity index (χ2n) is 8.37. The maximum absolute atomic E-state index is 11.0. The molecular formula is C27H20O2. The molecule has 0 fully saturated rings. The summed E-state index contributed by atoms with van der Waals surface area (Å²) in [5, 5.41) is 13.2. The van der Waals surface area contributed by atoms with E-state index < -0.39 is 0 Å². The molecule has 6 rings (SSSR count). The fourth-order valence-electron chi connectivity index (χ4n) is 4.91. The Morgan fingerprint density at radius 2 is 1.38 bits per heavy atom. The summed E-state index contributed by atoms with van der Waals surface area (Å²) in [6.07, 6.45) is 0. The minimum Gasteiger partial charge on any atom is -0.507 e. The summed E-state index contributed by atoms with van der Waals surface area (Å²) in [7, 11) is 0. The Morgan fingerprint density at radius 3 is 2.28 bits per heavy atom. The maximum Gasteiger partial charge on any atom is 0.143 e. The highest BCUT2D eigenvalue weighted by Gasteiger charge is 2.36. The van der Waals surface area contributed by atoms with Gasteiger partial charge in [0.25, 0.3) is 0 Å². The van der Waals surface area contributed by atoms with E-state index in [0.717, 1.165) is 38.6 Å². The molecule has 4 aromatic carbocycles. The topological polar surface area (TPSA) is 33.4 Å². The third kappa shape index (κ3) is 2.11. The van der Waals surface area contributed by atoms with Gasteiger partial charge in [-0.1, -0.05) is 74.5 Å². The summed E-state index contributed by atoms with van der Waals surface area (Å²) in [5.41, 5.74) is 8.16. The average Bonchev–Trinajstić information content (AvgIpc) is 3.21. The summed E-state index contributed by atoms with van der Waals surface area (Å²) in [6, 6.07) is 26.8. The van der Waals surface area contributed by atoms with Crippen LogP contribution < -0.4 is 0 Å². The molecule has 1 heterocycles. The van der Waals surface area contributed by atoms with Crippen LogP contribution in [0.5, 0.6) is 5.75 Å². The highest BCUT2D eigenvalue weighted by Crippen LogP contribution is 2.52. The smallest absolute Gasteiger partial charge is 0.143 e. The maximum atomic E-state index is 11.0. The Hall–Kier alpha value is -3.52. The van der Waals surface area contributed by atoms with Crippen molar-refractivity contribution >= 4 is 21.9 Å². The lowest BCUT2D eigenvalue weighted by atomic mass is 9.82. The van der Waals surface area contributed by atoms with E-state index in [1.54, 1.807) is 0 Å². The quantitative estimate of drug-likeness (QED) is 0.334. The molecule has 0 saturated carbocycles. The number of benzene rings is 4. The zero-order chi connectivity index (χ0) is 19.8. The highest BCUT2D eigenvalue weighted by molar-refractivity contribution is 6.10. The highest BCUT2D eigenvalue weighted by atomic mass is 16.3. The number of phenols is 1. The number of rotatable bonds is 1. The van der Waals surface area contributed by atoms with Gasteiger partial charge < -0.3 is 9.52 Å². The minimum absolute atomic E-state index is 0.132. The molecule has 1 aliphatic rings. The molecule has 0 spiro atoms. The molecule has 0 saturated heterocycles. The predicted molar refractivity (Wildman–Crippen MR) is 118 cm³/mol. The third-order valence-corrected chi connectivity index (χ3v) is 6.39. The van der Waals surface area contributed by atoms with Crippen molar-refractivity contribution in [3.63, 3.8) is 0 Å². The molecule has 0 aliphatic heterocycles. The molecule has 140 valence electrons. The lowest BCUT2D eigenvalue weighted by Gasteiger charge is -2.21. The Labute approximate surface area is 169 Å². The number of hydrogen-bond donors (Lipinski definition) is 1. The first-order chi connectivity index (χ1) is 14.1. The monoisotopic (exact) mass is 376 g/mol. The summed E-state index contributed by atoms with van der Waals surface area (Å²) >= 11 is 0. The van der Waals surface area contributed by atoms with Crippen LogP contribution in [0.4, 0.5) is 0 Å². The van der Waals surface area contributed by atoms with Crippen LogP contribution in [-0.4, -0.2) is 5.11 Å². The van der Waals surface area contributed by atoms with E-state index in [-0.39, 0.29) is 11.2 Å². The van der Waals surface area contributed by atoms with Crippen molar-refractivity contribution in [3.8, 4) is 28.0 Å². The number of phenolic OH excluding ortho intramolecular Hbond substituents is 1. The van der Waals surface area contributed by atoms with E-state index in [9.17, 15) is 5.11 Å². The lowest BCUT2D eigenvalue weighted by Crippen LogP contribution is -2.14. The molecule has 0 unspecified atom stereocenters. The van der Waals surface area contributed by atoms with Crippen molar-refractivity contribution in [1.82, 2.24) is 0 Å². The van der Waals surface area contributed by atoms with Crippen molar-refractivity contribution in [3.05, 3.63) is 90.0 Å². The largest absolute Gasteiger partial charge is 0.507 e. The minimum atomic E-state index is -0.132. The van der Waals surface area contributed by atoms with Gasteiger partial charge in [0.05, 0.1) is 0 Å². The van der Waals surface area contributed by atoms with Gasteiger partial charge in [0.15, 0.2) is 0 Å². The Kier molecular flexibility index (Phi) is 3.12. The molecule has 0 amide bonds. The van der Waals surface area contributed by atoms with Crippen molar-refractivity contribution in [2.45, 2.75) is 19.3 Å². The summed E-state index contributed by atoms with van der Waals surface area (Å²) < 4.78 is 6.21. The number of para-hydroxylation sites is 2. The SMILES string of the molecule is CC1(C)c2ccccc2-c2cc(-c3cccc4c3oc3ccccc34)c(O)cc21. The molecule has 2 nitrogen and oxygen atoms in total. The molecule has 1 aromatic heterocycles. The summed E-state index contributed by atoms with van der Waals surface area (Å²) in [6.45, 7) is 4.44. The first kappa shape index (κ1) is 16.4. The number of fused-ring (bicyclic) bond motifs is 6. The van der Waals surface area contributed by atoms with Gasteiger partial charge in [-0.25, -0.2) is 0 Å². The van der Waals surface area contributed by atoms with Gasteiger partial charge in [-0.3, -0.25) is 0 Å². The molecule has 0 radical (unpaired) electrons. The second-order valence-corrected chi connectivity index (χ2v) is 8.37. The van der Waals surface area contributed by atoms with Gasteiger partial charge in [0, 0.05) is 27.3 Å². The summed E-state index contributed by atoms with van der Waals surface area (Å²) in [4.78, 5) is 0. The van der Waals surface area contributed by atoms with Gasteiger partial charge in [0.2, 0.25) is 0 Å². The molecule has 1 N–H and O–H groups in total. The van der Waals surface area contributed by atoms with E-state index in [1.165, 1.54) is 16.7 Å². The van der Waals surface area contributed by atoms with Crippen LogP contribution in [0.3, 0.4) is 0 Å². The summed E-state index contributed by atoms with van der Waals surface area (Å²) in [5.74, 6) is 0.289. The van der Waals surface area contributed by atoms with Crippen LogP contribution in [-0.2, 0) is 5.41 Å². The van der Waals surface area contributed by atoms with Gasteiger partial charge >= 0.3 is 0 Å². The van der Waals surface area contributed by atoms with Gasteiger partial charge in [-0.2, -0.15) is 0 Å². The normalized spacial score (nSPS) is 14.3. The Bertz CT molecular complexity index is 1440. The van der Waals surface area contributed by atoms with Crippen LogP contribution in [0.1, 0.15) is 25.0 Å². The van der Waals surface area contributed by atoms with E-state index in [0.29, 0.717) is 0 Å². The molecule has 2 heteroatoms. The van der Waals surface area contributed by atoms with E-state index in [1.807, 2.05) is 36.4 Å². The lowest BCUT2D eigenvalue weighted by molar-refractivity contribution is 0.475. The van der Waals surface area contributed by atoms with Crippen LogP contribution in [0, 0.1) is 0 Å². The molecule has 5 aromatic rings. The Morgan fingerprint density at radius 1 is 0.655 bits per heavy atom. The second kappa shape index (κ2) is 5.51. The molecular weight excluding hydrogens is 356 g/mol. The van der Waals surface area contributed by atoms with E-state index in [4.69, 9.17) is 4.42 Å². The van der Waals surface area contributed by atoms with E-state index in [2.05, 4.69) is 56.3 Å². The van der Waals surface area contributed by atoms with Crippen molar-refractivity contribution in [1.29, 1.82) is 0 Å². The number of furan rings is 1. The standard InChI is InChI=1S/C27H20O2/c1-27(2)22-12-5-3-8-16(22)20-14-21(24(28)15-23(20)27)19-11-7-10-18-17-9-4-6-13-25(17)29-26(18)19/h3-15,28H,1-2H3. The first-order valence-corrected chi connectivity index (χ1v) is 9.94. The van der Waals surface area contributed by atoms with Gasteiger partial charge in [-0.05, 0) is 40.5 Å². The van der Waals surface area contributed by atoms with Crippen LogP contribution in [0.15, 0.2) is 83.3 Å². The van der Waals surface area contributed by atoms with Crippen molar-refractivity contribution in [2.75, 3.05) is 0 Å². The zero-order valence-electron chi connectivity index (χ0n) is 16.4. The van der Waals surface area contributed by atoms with Gasteiger partial charge in [0.1, 0.15) is 16.9 Å². The predicted octanol–water partition coefficient (Wildman–Crippen LogP) is 7.26. The first-order valence-electron chi connectivity index (χ1n) is 9.94. The Balaban J connectivity index is 1.67.